The largest absolute Gasteiger partial charge is 0.497 e. The molecule has 1 aromatic carbocycles. The van der Waals surface area contributed by atoms with Crippen molar-refractivity contribution in [1.29, 1.82) is 0 Å². The number of halogens is 1. The van der Waals surface area contributed by atoms with Crippen LogP contribution in [0, 0.1) is 12.7 Å². The van der Waals surface area contributed by atoms with Crippen molar-refractivity contribution in [1.82, 2.24) is 24.6 Å². The smallest absolute Gasteiger partial charge is 0.215 e. The van der Waals surface area contributed by atoms with E-state index in [0.29, 0.717) is 45.5 Å². The van der Waals surface area contributed by atoms with Gasteiger partial charge in [0.05, 0.1) is 19.9 Å². The first kappa shape index (κ1) is 15.3. The zero-order valence-electron chi connectivity index (χ0n) is 13.8. The normalized spacial score (nSPS) is 11.2. The zero-order valence-corrected chi connectivity index (χ0v) is 13.8. The molecule has 0 aliphatic rings. The van der Waals surface area contributed by atoms with Crippen LogP contribution in [0.15, 0.2) is 30.3 Å². The lowest BCUT2D eigenvalue weighted by molar-refractivity contribution is 0.399. The first-order chi connectivity index (χ1) is 12.1. The first-order valence-corrected chi connectivity index (χ1v) is 7.52. The molecular weight excluding hydrogens is 325 g/mol. The van der Waals surface area contributed by atoms with Crippen molar-refractivity contribution in [3.8, 4) is 23.0 Å². The van der Waals surface area contributed by atoms with Crippen LogP contribution in [0.2, 0.25) is 0 Å². The summed E-state index contributed by atoms with van der Waals surface area (Å²) in [7, 11) is 3.03. The molecule has 0 aliphatic heterocycles. The number of pyridine rings is 1. The average Bonchev–Trinajstić information content (AvgIpc) is 2.98. The van der Waals surface area contributed by atoms with Crippen molar-refractivity contribution in [2.75, 3.05) is 14.2 Å². The molecule has 0 bridgehead atoms. The monoisotopic (exact) mass is 339 g/mol. The zero-order chi connectivity index (χ0) is 17.6. The minimum atomic E-state index is -0.416. The Kier molecular flexibility index (Phi) is 3.45. The van der Waals surface area contributed by atoms with E-state index in [0.717, 1.165) is 0 Å². The predicted octanol–water partition coefficient (Wildman–Crippen LogP) is 2.80. The fraction of sp³-hybridized carbons (Fsp3) is 0.176. The Labute approximate surface area is 142 Å². The summed E-state index contributed by atoms with van der Waals surface area (Å²) in [5, 5.41) is 8.40. The molecule has 3 aromatic heterocycles. The van der Waals surface area contributed by atoms with Gasteiger partial charge in [0.25, 0.3) is 0 Å². The molecule has 126 valence electrons. The van der Waals surface area contributed by atoms with Gasteiger partial charge in [-0.2, -0.15) is 4.98 Å². The number of rotatable bonds is 3. The van der Waals surface area contributed by atoms with Gasteiger partial charge in [0.2, 0.25) is 5.88 Å². The van der Waals surface area contributed by atoms with Crippen LogP contribution >= 0.6 is 0 Å². The second-order valence-electron chi connectivity index (χ2n) is 5.46. The summed E-state index contributed by atoms with van der Waals surface area (Å²) in [6.07, 6.45) is 0. The second kappa shape index (κ2) is 5.66. The molecule has 25 heavy (non-hydrogen) atoms. The fourth-order valence-electron chi connectivity index (χ4n) is 2.72. The van der Waals surface area contributed by atoms with E-state index in [1.54, 1.807) is 22.6 Å². The Bertz CT molecular complexity index is 1110. The molecule has 0 N–H and O–H groups in total. The van der Waals surface area contributed by atoms with Crippen LogP contribution in [-0.2, 0) is 0 Å². The summed E-state index contributed by atoms with van der Waals surface area (Å²) < 4.78 is 26.1. The maximum atomic E-state index is 14.0. The Morgan fingerprint density at radius 3 is 2.56 bits per heavy atom. The second-order valence-corrected chi connectivity index (χ2v) is 5.46. The van der Waals surface area contributed by atoms with E-state index in [1.165, 1.54) is 26.4 Å². The molecular formula is C17H14FN5O2. The van der Waals surface area contributed by atoms with Crippen molar-refractivity contribution in [3.05, 3.63) is 41.8 Å². The number of nitrogens with zero attached hydrogens (tertiary/aromatic N) is 5. The highest BCUT2D eigenvalue weighted by Gasteiger charge is 2.17. The fourth-order valence-corrected chi connectivity index (χ4v) is 2.72. The molecule has 0 saturated carbocycles. The SMILES string of the molecule is COc1cc(F)cc(-c2nc(C)c3nnc4ccc(OC)nc4n23)c1. The lowest BCUT2D eigenvalue weighted by Gasteiger charge is -2.07. The quantitative estimate of drug-likeness (QED) is 0.571. The number of hydrogen-bond acceptors (Lipinski definition) is 6. The highest BCUT2D eigenvalue weighted by atomic mass is 19.1. The van der Waals surface area contributed by atoms with Crippen molar-refractivity contribution < 1.29 is 13.9 Å². The number of fused-ring (bicyclic) bond motifs is 3. The van der Waals surface area contributed by atoms with Gasteiger partial charge in [-0.1, -0.05) is 0 Å². The summed E-state index contributed by atoms with van der Waals surface area (Å²) in [5.41, 5.74) is 2.88. The van der Waals surface area contributed by atoms with Crippen LogP contribution in [-0.4, -0.2) is 38.8 Å². The standard InChI is InChI=1S/C17H14FN5O2/c1-9-15-22-21-13-4-5-14(25-3)20-17(13)23(15)16(19-9)10-6-11(18)8-12(7-10)24-2/h4-8H,1-3H3. The van der Waals surface area contributed by atoms with E-state index >= 15 is 0 Å². The van der Waals surface area contributed by atoms with Gasteiger partial charge in [-0.15, -0.1) is 10.2 Å². The molecule has 0 spiro atoms. The Hall–Kier alpha value is -3.29. The molecule has 0 saturated heterocycles. The van der Waals surface area contributed by atoms with Crippen molar-refractivity contribution in [2.24, 2.45) is 0 Å². The summed E-state index contributed by atoms with van der Waals surface area (Å²) in [4.78, 5) is 9.00. The number of aromatic nitrogens is 5. The van der Waals surface area contributed by atoms with Crippen LogP contribution in [0.5, 0.6) is 11.6 Å². The van der Waals surface area contributed by atoms with Crippen molar-refractivity contribution >= 4 is 16.8 Å². The maximum absolute atomic E-state index is 14.0. The highest BCUT2D eigenvalue weighted by Crippen LogP contribution is 2.28. The van der Waals surface area contributed by atoms with Crippen molar-refractivity contribution in [2.45, 2.75) is 6.92 Å². The van der Waals surface area contributed by atoms with Crippen LogP contribution < -0.4 is 9.47 Å². The molecule has 4 aromatic rings. The lowest BCUT2D eigenvalue weighted by atomic mass is 10.2. The topological polar surface area (TPSA) is 74.4 Å². The minimum absolute atomic E-state index is 0.404. The van der Waals surface area contributed by atoms with E-state index in [1.807, 2.05) is 6.92 Å². The number of hydrogen-bond donors (Lipinski definition) is 0. The maximum Gasteiger partial charge on any atom is 0.215 e. The van der Waals surface area contributed by atoms with E-state index in [-0.39, 0.29) is 0 Å². The Balaban J connectivity index is 2.10. The Morgan fingerprint density at radius 2 is 1.80 bits per heavy atom. The third-order valence-electron chi connectivity index (χ3n) is 3.89. The summed E-state index contributed by atoms with van der Waals surface area (Å²) in [5.74, 6) is 0.934. The summed E-state index contributed by atoms with van der Waals surface area (Å²) >= 11 is 0. The summed E-state index contributed by atoms with van der Waals surface area (Å²) in [6.45, 7) is 1.82. The van der Waals surface area contributed by atoms with Gasteiger partial charge in [0.15, 0.2) is 11.3 Å². The summed E-state index contributed by atoms with van der Waals surface area (Å²) in [6, 6.07) is 7.88. The lowest BCUT2D eigenvalue weighted by Crippen LogP contribution is -2.01. The molecule has 4 rings (SSSR count). The van der Waals surface area contributed by atoms with Crippen LogP contribution in [0.4, 0.5) is 4.39 Å². The molecule has 0 aliphatic carbocycles. The third-order valence-corrected chi connectivity index (χ3v) is 3.89. The van der Waals surface area contributed by atoms with E-state index in [4.69, 9.17) is 9.47 Å². The minimum Gasteiger partial charge on any atom is -0.497 e. The first-order valence-electron chi connectivity index (χ1n) is 7.52. The molecule has 0 radical (unpaired) electrons. The number of methoxy groups -OCH3 is 2. The predicted molar refractivity (Wildman–Crippen MR) is 89.3 cm³/mol. The van der Waals surface area contributed by atoms with E-state index < -0.39 is 5.82 Å². The molecule has 0 fully saturated rings. The molecule has 3 heterocycles. The number of aryl methyl sites for hydroxylation is 1. The van der Waals surface area contributed by atoms with Crippen LogP contribution in [0.25, 0.3) is 28.2 Å². The van der Waals surface area contributed by atoms with E-state index in [9.17, 15) is 4.39 Å². The number of imidazole rings is 1. The molecule has 0 amide bonds. The molecule has 8 heteroatoms. The Morgan fingerprint density at radius 1 is 0.960 bits per heavy atom. The van der Waals surface area contributed by atoms with Crippen molar-refractivity contribution in [3.63, 3.8) is 0 Å². The van der Waals surface area contributed by atoms with Gasteiger partial charge in [-0.05, 0) is 25.1 Å². The molecule has 0 unspecified atom stereocenters. The highest BCUT2D eigenvalue weighted by molar-refractivity contribution is 5.77. The van der Waals surface area contributed by atoms with Gasteiger partial charge in [0.1, 0.15) is 22.9 Å². The number of benzene rings is 1. The van der Waals surface area contributed by atoms with E-state index in [2.05, 4.69) is 20.2 Å². The van der Waals surface area contributed by atoms with Gasteiger partial charge in [-0.3, -0.25) is 4.40 Å². The van der Waals surface area contributed by atoms with Crippen LogP contribution in [0.1, 0.15) is 5.69 Å². The van der Waals surface area contributed by atoms with Gasteiger partial charge in [0, 0.05) is 17.7 Å². The average molecular weight is 339 g/mol. The number of ether oxygens (including phenoxy) is 2. The molecule has 0 atom stereocenters. The third kappa shape index (κ3) is 2.42. The van der Waals surface area contributed by atoms with Crippen LogP contribution in [0.3, 0.4) is 0 Å². The van der Waals surface area contributed by atoms with Gasteiger partial charge in [-0.25, -0.2) is 9.37 Å². The molecule has 7 nitrogen and oxygen atoms in total. The van der Waals surface area contributed by atoms with Gasteiger partial charge >= 0.3 is 0 Å². The van der Waals surface area contributed by atoms with Gasteiger partial charge < -0.3 is 9.47 Å².